The molecule has 1 saturated heterocycles. The van der Waals surface area contributed by atoms with Crippen molar-refractivity contribution in [2.75, 3.05) is 18.1 Å². The highest BCUT2D eigenvalue weighted by molar-refractivity contribution is 7.22. The van der Waals surface area contributed by atoms with E-state index in [-0.39, 0.29) is 17.6 Å². The number of aryl methyl sites for hydroxylation is 1. The summed E-state index contributed by atoms with van der Waals surface area (Å²) in [6.45, 7) is 1.89. The monoisotopic (exact) mass is 446 g/mol. The summed E-state index contributed by atoms with van der Waals surface area (Å²) in [5.41, 5.74) is 1.94. The highest BCUT2D eigenvalue weighted by atomic mass is 32.1. The van der Waals surface area contributed by atoms with Crippen molar-refractivity contribution in [3.8, 4) is 0 Å². The van der Waals surface area contributed by atoms with Crippen LogP contribution in [0.4, 0.5) is 5.13 Å². The zero-order chi connectivity index (χ0) is 21.7. The molecule has 0 spiro atoms. The number of para-hydroxylation sites is 1. The smallest absolute Gasteiger partial charge is 0.261 e. The van der Waals surface area contributed by atoms with Crippen LogP contribution in [0.3, 0.4) is 0 Å². The molecular formula is C24H22N4O3S. The number of rotatable bonds is 4. The minimum absolute atomic E-state index is 0.00235. The average molecular weight is 447 g/mol. The van der Waals surface area contributed by atoms with Gasteiger partial charge >= 0.3 is 0 Å². The number of aromatic nitrogens is 3. The van der Waals surface area contributed by atoms with Crippen LogP contribution in [0.15, 0.2) is 47.3 Å². The molecule has 0 bridgehead atoms. The van der Waals surface area contributed by atoms with E-state index in [1.807, 2.05) is 24.3 Å². The molecule has 0 unspecified atom stereocenters. The minimum Gasteiger partial charge on any atom is -0.376 e. The van der Waals surface area contributed by atoms with Crippen LogP contribution in [0, 0.1) is 0 Å². The minimum atomic E-state index is -0.149. The van der Waals surface area contributed by atoms with Crippen molar-refractivity contribution in [3.05, 3.63) is 64.2 Å². The van der Waals surface area contributed by atoms with Gasteiger partial charge in [-0.05, 0) is 49.6 Å². The van der Waals surface area contributed by atoms with Crippen LogP contribution in [0.1, 0.15) is 35.4 Å². The highest BCUT2D eigenvalue weighted by Gasteiger charge is 2.27. The van der Waals surface area contributed by atoms with Gasteiger partial charge in [-0.1, -0.05) is 23.5 Å². The van der Waals surface area contributed by atoms with Gasteiger partial charge < -0.3 is 4.74 Å². The summed E-state index contributed by atoms with van der Waals surface area (Å²) < 4.78 is 8.61. The molecule has 4 heterocycles. The first kappa shape index (κ1) is 19.6. The SMILES string of the molecule is O=C(c1ccc2c(=O)n3c(nc2c1)CCC3)N(C[C@H]1CCCO1)c1nc2ccccc2s1. The summed E-state index contributed by atoms with van der Waals surface area (Å²) in [7, 11) is 0. The quantitative estimate of drug-likeness (QED) is 0.477. The molecule has 6 rings (SSSR count). The second-order valence-corrected chi connectivity index (χ2v) is 9.34. The summed E-state index contributed by atoms with van der Waals surface area (Å²) in [6, 6.07) is 13.1. The molecule has 4 aromatic rings. The molecule has 7 nitrogen and oxygen atoms in total. The normalized spacial score (nSPS) is 17.8. The third-order valence-electron chi connectivity index (χ3n) is 6.23. The number of fused-ring (bicyclic) bond motifs is 3. The summed E-state index contributed by atoms with van der Waals surface area (Å²) in [4.78, 5) is 37.6. The van der Waals surface area contributed by atoms with Crippen LogP contribution in [0.2, 0.25) is 0 Å². The molecule has 0 aliphatic carbocycles. The predicted octanol–water partition coefficient (Wildman–Crippen LogP) is 3.78. The lowest BCUT2D eigenvalue weighted by molar-refractivity contribution is 0.0917. The third-order valence-corrected chi connectivity index (χ3v) is 7.29. The summed E-state index contributed by atoms with van der Waals surface area (Å²) in [5.74, 6) is 0.651. The molecule has 1 atom stereocenters. The molecule has 0 N–H and O–H groups in total. The van der Waals surface area contributed by atoms with Gasteiger partial charge in [0.1, 0.15) is 5.82 Å². The zero-order valence-electron chi connectivity index (χ0n) is 17.5. The van der Waals surface area contributed by atoms with Crippen molar-refractivity contribution in [1.82, 2.24) is 14.5 Å². The van der Waals surface area contributed by atoms with E-state index in [2.05, 4.69) is 4.98 Å². The Morgan fingerprint density at radius 1 is 1.16 bits per heavy atom. The van der Waals surface area contributed by atoms with E-state index >= 15 is 0 Å². The van der Waals surface area contributed by atoms with Crippen molar-refractivity contribution in [2.45, 2.75) is 38.3 Å². The van der Waals surface area contributed by atoms with Gasteiger partial charge in [0.05, 0.1) is 33.8 Å². The Hall–Kier alpha value is -3.10. The van der Waals surface area contributed by atoms with E-state index in [0.717, 1.165) is 48.3 Å². The van der Waals surface area contributed by atoms with Crippen molar-refractivity contribution in [1.29, 1.82) is 0 Å². The number of hydrogen-bond acceptors (Lipinski definition) is 6. The first-order valence-corrected chi connectivity index (χ1v) is 11.8. The zero-order valence-corrected chi connectivity index (χ0v) is 18.3. The molecule has 2 aromatic carbocycles. The Balaban J connectivity index is 1.41. The molecule has 162 valence electrons. The number of carbonyl (C=O) groups is 1. The van der Waals surface area contributed by atoms with Crippen LogP contribution < -0.4 is 10.5 Å². The molecule has 2 aliphatic heterocycles. The number of hydrogen-bond donors (Lipinski definition) is 0. The molecule has 2 aliphatic rings. The molecule has 1 fully saturated rings. The van der Waals surface area contributed by atoms with Crippen LogP contribution >= 0.6 is 11.3 Å². The predicted molar refractivity (Wildman–Crippen MR) is 125 cm³/mol. The lowest BCUT2D eigenvalue weighted by atomic mass is 10.1. The first-order chi connectivity index (χ1) is 15.7. The summed E-state index contributed by atoms with van der Waals surface area (Å²) >= 11 is 1.50. The van der Waals surface area contributed by atoms with E-state index in [0.29, 0.717) is 34.7 Å². The Morgan fingerprint density at radius 3 is 2.91 bits per heavy atom. The number of carbonyl (C=O) groups excluding carboxylic acids is 1. The van der Waals surface area contributed by atoms with Crippen LogP contribution in [-0.4, -0.2) is 39.7 Å². The fourth-order valence-electron chi connectivity index (χ4n) is 4.59. The number of amides is 1. The maximum atomic E-state index is 13.7. The second-order valence-electron chi connectivity index (χ2n) is 8.34. The molecule has 1 amide bonds. The Labute approximate surface area is 188 Å². The Bertz CT molecular complexity index is 1370. The molecule has 0 radical (unpaired) electrons. The summed E-state index contributed by atoms with van der Waals surface area (Å²) in [5, 5.41) is 1.21. The molecule has 0 saturated carbocycles. The average Bonchev–Trinajstić information content (AvgIpc) is 3.57. The van der Waals surface area contributed by atoms with Gasteiger partial charge in [-0.3, -0.25) is 19.1 Å². The lowest BCUT2D eigenvalue weighted by Gasteiger charge is -2.23. The van der Waals surface area contributed by atoms with Crippen molar-refractivity contribution in [2.24, 2.45) is 0 Å². The first-order valence-electron chi connectivity index (χ1n) is 11.0. The third kappa shape index (κ3) is 3.30. The standard InChI is InChI=1S/C24H22N4O3S/c29-22(15-9-10-17-19(13-15)25-21-8-3-11-27(21)23(17)30)28(14-16-5-4-12-31-16)24-26-18-6-1-2-7-20(18)32-24/h1-2,6-7,9-10,13,16H,3-5,8,11-12,14H2/t16-/m1/s1. The van der Waals surface area contributed by atoms with Gasteiger partial charge in [0.25, 0.3) is 11.5 Å². The van der Waals surface area contributed by atoms with Gasteiger partial charge in [-0.25, -0.2) is 9.97 Å². The van der Waals surface area contributed by atoms with Crippen LogP contribution in [0.25, 0.3) is 21.1 Å². The largest absolute Gasteiger partial charge is 0.376 e. The van der Waals surface area contributed by atoms with Crippen molar-refractivity contribution in [3.63, 3.8) is 0 Å². The maximum Gasteiger partial charge on any atom is 0.261 e. The van der Waals surface area contributed by atoms with Gasteiger partial charge in [0.2, 0.25) is 0 Å². The van der Waals surface area contributed by atoms with E-state index in [1.54, 1.807) is 27.7 Å². The number of anilines is 1. The van der Waals surface area contributed by atoms with Crippen molar-refractivity contribution >= 4 is 43.5 Å². The van der Waals surface area contributed by atoms with Gasteiger partial charge in [0.15, 0.2) is 5.13 Å². The maximum absolute atomic E-state index is 13.7. The van der Waals surface area contributed by atoms with Gasteiger partial charge in [0, 0.05) is 25.1 Å². The lowest BCUT2D eigenvalue weighted by Crippen LogP contribution is -2.37. The molecule has 2 aromatic heterocycles. The fourth-order valence-corrected chi connectivity index (χ4v) is 5.56. The highest BCUT2D eigenvalue weighted by Crippen LogP contribution is 2.31. The van der Waals surface area contributed by atoms with E-state index < -0.39 is 0 Å². The molecular weight excluding hydrogens is 424 g/mol. The number of thiazole rings is 1. The number of benzene rings is 2. The fraction of sp³-hybridized carbons (Fsp3) is 0.333. The van der Waals surface area contributed by atoms with Crippen LogP contribution in [-0.2, 0) is 17.7 Å². The molecule has 8 heteroatoms. The second kappa shape index (κ2) is 7.79. The number of ether oxygens (including phenoxy) is 1. The van der Waals surface area contributed by atoms with E-state index in [4.69, 9.17) is 9.72 Å². The summed E-state index contributed by atoms with van der Waals surface area (Å²) in [6.07, 6.45) is 3.65. The van der Waals surface area contributed by atoms with E-state index in [9.17, 15) is 9.59 Å². The van der Waals surface area contributed by atoms with Gasteiger partial charge in [-0.15, -0.1) is 0 Å². The number of nitrogens with zero attached hydrogens (tertiary/aromatic N) is 4. The molecule has 32 heavy (non-hydrogen) atoms. The van der Waals surface area contributed by atoms with Crippen LogP contribution in [0.5, 0.6) is 0 Å². The van der Waals surface area contributed by atoms with Gasteiger partial charge in [-0.2, -0.15) is 0 Å². The Morgan fingerprint density at radius 2 is 2.06 bits per heavy atom. The van der Waals surface area contributed by atoms with Crippen molar-refractivity contribution < 1.29 is 9.53 Å². The topological polar surface area (TPSA) is 77.3 Å². The van der Waals surface area contributed by atoms with E-state index in [1.165, 1.54) is 11.3 Å². The Kier molecular flexibility index (Phi) is 4.77.